The average Bonchev–Trinajstić information content (AvgIpc) is 2.42. The fourth-order valence-electron chi connectivity index (χ4n) is 2.39. The molecule has 1 N–H and O–H groups in total. The maximum absolute atomic E-state index is 12.7. The molecule has 1 atom stereocenters. The molecule has 1 unspecified atom stereocenters. The predicted octanol–water partition coefficient (Wildman–Crippen LogP) is 2.99. The van der Waals surface area contributed by atoms with E-state index in [0.29, 0.717) is 22.9 Å². The molecule has 1 aromatic rings. The molecule has 0 bridgehead atoms. The van der Waals surface area contributed by atoms with Crippen molar-refractivity contribution in [1.29, 1.82) is 0 Å². The normalized spacial score (nSPS) is 18.6. The zero-order chi connectivity index (χ0) is 15.6. The van der Waals surface area contributed by atoms with Crippen molar-refractivity contribution in [2.75, 3.05) is 18.1 Å². The van der Waals surface area contributed by atoms with Crippen LogP contribution in [-0.4, -0.2) is 46.0 Å². The SMILES string of the molecule is Cc1cc(Cl)c(C(=O)N2CCSCC2CC(=O)O)cc1C. The number of halogens is 1. The largest absolute Gasteiger partial charge is 0.481 e. The van der Waals surface area contributed by atoms with E-state index in [1.807, 2.05) is 13.8 Å². The van der Waals surface area contributed by atoms with E-state index < -0.39 is 5.97 Å². The number of nitrogens with zero attached hydrogens (tertiary/aromatic N) is 1. The molecule has 21 heavy (non-hydrogen) atoms. The van der Waals surface area contributed by atoms with Gasteiger partial charge in [0, 0.05) is 18.1 Å². The summed E-state index contributed by atoms with van der Waals surface area (Å²) in [5.74, 6) is 0.423. The summed E-state index contributed by atoms with van der Waals surface area (Å²) in [6.07, 6.45) is -0.0266. The summed E-state index contributed by atoms with van der Waals surface area (Å²) in [6.45, 7) is 4.44. The molecule has 1 fully saturated rings. The first-order chi connectivity index (χ1) is 9.90. The highest BCUT2D eigenvalue weighted by molar-refractivity contribution is 7.99. The highest BCUT2D eigenvalue weighted by Gasteiger charge is 2.30. The first-order valence-electron chi connectivity index (χ1n) is 6.77. The number of benzene rings is 1. The maximum atomic E-state index is 12.7. The first kappa shape index (κ1) is 16.2. The summed E-state index contributed by atoms with van der Waals surface area (Å²) < 4.78 is 0. The lowest BCUT2D eigenvalue weighted by molar-refractivity contribution is -0.138. The van der Waals surface area contributed by atoms with E-state index in [4.69, 9.17) is 16.7 Å². The quantitative estimate of drug-likeness (QED) is 0.927. The van der Waals surface area contributed by atoms with E-state index in [0.717, 1.165) is 16.9 Å². The molecule has 1 aliphatic rings. The molecule has 1 aromatic carbocycles. The Kier molecular flexibility index (Phi) is 5.17. The molecule has 4 nitrogen and oxygen atoms in total. The van der Waals surface area contributed by atoms with Crippen LogP contribution in [0.5, 0.6) is 0 Å². The Hall–Kier alpha value is -1.20. The van der Waals surface area contributed by atoms with Gasteiger partial charge < -0.3 is 10.0 Å². The van der Waals surface area contributed by atoms with Crippen LogP contribution in [0.2, 0.25) is 5.02 Å². The summed E-state index contributed by atoms with van der Waals surface area (Å²) in [4.78, 5) is 25.3. The lowest BCUT2D eigenvalue weighted by Crippen LogP contribution is -2.47. The second-order valence-corrected chi connectivity index (χ2v) is 6.80. The molecule has 6 heteroatoms. The van der Waals surface area contributed by atoms with Crippen LogP contribution in [0, 0.1) is 13.8 Å². The van der Waals surface area contributed by atoms with Crippen molar-refractivity contribution in [2.24, 2.45) is 0 Å². The van der Waals surface area contributed by atoms with Crippen LogP contribution >= 0.6 is 23.4 Å². The molecule has 114 valence electrons. The van der Waals surface area contributed by atoms with Gasteiger partial charge in [-0.3, -0.25) is 9.59 Å². The lowest BCUT2D eigenvalue weighted by atomic mass is 10.0. The Morgan fingerprint density at radius 1 is 1.38 bits per heavy atom. The van der Waals surface area contributed by atoms with Crippen molar-refractivity contribution in [1.82, 2.24) is 4.90 Å². The maximum Gasteiger partial charge on any atom is 0.305 e. The number of amides is 1. The highest BCUT2D eigenvalue weighted by Crippen LogP contribution is 2.26. The van der Waals surface area contributed by atoms with Gasteiger partial charge in [-0.1, -0.05) is 11.6 Å². The van der Waals surface area contributed by atoms with Crippen molar-refractivity contribution >= 4 is 35.2 Å². The number of hydrogen-bond acceptors (Lipinski definition) is 3. The van der Waals surface area contributed by atoms with Crippen LogP contribution in [0.3, 0.4) is 0 Å². The number of carbonyl (C=O) groups is 2. The minimum absolute atomic E-state index is 0.0266. The van der Waals surface area contributed by atoms with Crippen LogP contribution in [0.25, 0.3) is 0 Å². The van der Waals surface area contributed by atoms with Gasteiger partial charge in [-0.25, -0.2) is 0 Å². The lowest BCUT2D eigenvalue weighted by Gasteiger charge is -2.35. The number of thioether (sulfide) groups is 1. The number of hydrogen-bond donors (Lipinski definition) is 1. The molecule has 0 saturated carbocycles. The van der Waals surface area contributed by atoms with E-state index in [1.165, 1.54) is 0 Å². The Bertz CT molecular complexity index is 576. The number of aryl methyl sites for hydroxylation is 2. The Morgan fingerprint density at radius 2 is 2.05 bits per heavy atom. The van der Waals surface area contributed by atoms with Crippen LogP contribution in [-0.2, 0) is 4.79 Å². The highest BCUT2D eigenvalue weighted by atomic mass is 35.5. The standard InChI is InChI=1S/C15H18ClNO3S/c1-9-5-12(13(16)6-10(9)2)15(20)17-3-4-21-8-11(17)7-14(18)19/h5-6,11H,3-4,7-8H2,1-2H3,(H,18,19). The zero-order valence-electron chi connectivity index (χ0n) is 12.1. The molecule has 1 saturated heterocycles. The fraction of sp³-hybridized carbons (Fsp3) is 0.467. The van der Waals surface area contributed by atoms with Gasteiger partial charge in [-0.05, 0) is 37.1 Å². The Balaban J connectivity index is 2.28. The van der Waals surface area contributed by atoms with E-state index in [2.05, 4.69) is 0 Å². The molecule has 1 heterocycles. The van der Waals surface area contributed by atoms with Gasteiger partial charge in [0.25, 0.3) is 5.91 Å². The van der Waals surface area contributed by atoms with Crippen LogP contribution in [0.4, 0.5) is 0 Å². The molecular weight excluding hydrogens is 310 g/mol. The van der Waals surface area contributed by atoms with Gasteiger partial charge in [0.15, 0.2) is 0 Å². The van der Waals surface area contributed by atoms with Crippen LogP contribution in [0.1, 0.15) is 27.9 Å². The second-order valence-electron chi connectivity index (χ2n) is 5.24. The van der Waals surface area contributed by atoms with E-state index >= 15 is 0 Å². The molecule has 1 aliphatic heterocycles. The molecule has 0 aromatic heterocycles. The van der Waals surface area contributed by atoms with Gasteiger partial charge in [0.05, 0.1) is 23.0 Å². The number of carboxylic acids is 1. The average molecular weight is 328 g/mol. The Labute approximate surface area is 133 Å². The Morgan fingerprint density at radius 3 is 2.71 bits per heavy atom. The van der Waals surface area contributed by atoms with Crippen molar-refractivity contribution in [3.05, 3.63) is 33.8 Å². The van der Waals surface area contributed by atoms with Crippen molar-refractivity contribution in [3.63, 3.8) is 0 Å². The third-order valence-electron chi connectivity index (χ3n) is 3.71. The minimum Gasteiger partial charge on any atom is -0.481 e. The molecule has 0 radical (unpaired) electrons. The van der Waals surface area contributed by atoms with Crippen molar-refractivity contribution < 1.29 is 14.7 Å². The summed E-state index contributed by atoms with van der Waals surface area (Å²) in [6, 6.07) is 3.31. The van der Waals surface area contributed by atoms with Gasteiger partial charge in [0.1, 0.15) is 0 Å². The number of carbonyl (C=O) groups excluding carboxylic acids is 1. The van der Waals surface area contributed by atoms with Crippen LogP contribution < -0.4 is 0 Å². The van der Waals surface area contributed by atoms with E-state index in [1.54, 1.807) is 28.8 Å². The molecular formula is C15H18ClNO3S. The van der Waals surface area contributed by atoms with Gasteiger partial charge in [-0.15, -0.1) is 0 Å². The smallest absolute Gasteiger partial charge is 0.305 e. The van der Waals surface area contributed by atoms with E-state index in [-0.39, 0.29) is 18.4 Å². The minimum atomic E-state index is -0.883. The molecule has 0 spiro atoms. The predicted molar refractivity (Wildman–Crippen MR) is 85.3 cm³/mol. The van der Waals surface area contributed by atoms with Gasteiger partial charge in [-0.2, -0.15) is 11.8 Å². The molecule has 2 rings (SSSR count). The number of rotatable bonds is 3. The third kappa shape index (κ3) is 3.71. The van der Waals surface area contributed by atoms with Crippen molar-refractivity contribution in [3.8, 4) is 0 Å². The van der Waals surface area contributed by atoms with Crippen molar-refractivity contribution in [2.45, 2.75) is 26.3 Å². The summed E-state index contributed by atoms with van der Waals surface area (Å²) >= 11 is 7.88. The van der Waals surface area contributed by atoms with Crippen LogP contribution in [0.15, 0.2) is 12.1 Å². The summed E-state index contributed by atoms with van der Waals surface area (Å²) in [7, 11) is 0. The monoisotopic (exact) mass is 327 g/mol. The second kappa shape index (κ2) is 6.71. The summed E-state index contributed by atoms with van der Waals surface area (Å²) in [5, 5.41) is 9.42. The molecule has 1 amide bonds. The topological polar surface area (TPSA) is 57.6 Å². The van der Waals surface area contributed by atoms with Gasteiger partial charge >= 0.3 is 5.97 Å². The zero-order valence-corrected chi connectivity index (χ0v) is 13.6. The summed E-state index contributed by atoms with van der Waals surface area (Å²) in [5.41, 5.74) is 2.50. The fourth-order valence-corrected chi connectivity index (χ4v) is 3.75. The number of aliphatic carboxylic acids is 1. The third-order valence-corrected chi connectivity index (χ3v) is 5.12. The number of carboxylic acid groups (broad SMARTS) is 1. The first-order valence-corrected chi connectivity index (χ1v) is 8.30. The van der Waals surface area contributed by atoms with Gasteiger partial charge in [0.2, 0.25) is 0 Å². The van der Waals surface area contributed by atoms with E-state index in [9.17, 15) is 9.59 Å². The molecule has 0 aliphatic carbocycles.